The maximum absolute atomic E-state index is 5.76. The summed E-state index contributed by atoms with van der Waals surface area (Å²) in [5.41, 5.74) is 6.40. The number of aromatic nitrogens is 4. The van der Waals surface area contributed by atoms with Crippen molar-refractivity contribution in [1.82, 2.24) is 20.1 Å². The normalized spacial score (nSPS) is 10.8. The Hall–Kier alpha value is -2.15. The molecule has 3 heterocycles. The molecule has 0 saturated heterocycles. The Morgan fingerprint density at radius 1 is 1.44 bits per heavy atom. The Morgan fingerprint density at radius 3 is 3.06 bits per heavy atom. The molecule has 3 aromatic heterocycles. The van der Waals surface area contributed by atoms with Crippen molar-refractivity contribution in [3.05, 3.63) is 23.8 Å². The van der Waals surface area contributed by atoms with Gasteiger partial charge in [-0.25, -0.2) is 4.98 Å². The third-order valence-electron chi connectivity index (χ3n) is 2.03. The number of imidazole rings is 1. The first-order valence-electron chi connectivity index (χ1n) is 4.51. The molecule has 6 nitrogen and oxygen atoms in total. The van der Waals surface area contributed by atoms with Crippen molar-refractivity contribution in [3.8, 4) is 22.4 Å². The topological polar surface area (TPSA) is 93.6 Å². The molecule has 0 bridgehead atoms. The maximum atomic E-state index is 5.76. The van der Waals surface area contributed by atoms with Gasteiger partial charge in [0, 0.05) is 12.4 Å². The lowest BCUT2D eigenvalue weighted by Crippen LogP contribution is -1.85. The molecule has 0 spiro atoms. The summed E-state index contributed by atoms with van der Waals surface area (Å²) in [5.74, 6) is 1.41. The van der Waals surface area contributed by atoms with Gasteiger partial charge in [-0.15, -0.1) is 11.3 Å². The summed E-state index contributed by atoms with van der Waals surface area (Å²) in [7, 11) is 0. The number of nitrogens with zero attached hydrogens (tertiary/aromatic N) is 3. The fourth-order valence-electron chi connectivity index (χ4n) is 1.29. The van der Waals surface area contributed by atoms with Gasteiger partial charge in [0.05, 0.1) is 5.69 Å². The number of nitrogen functional groups attached to an aromatic ring is 1. The summed E-state index contributed by atoms with van der Waals surface area (Å²) >= 11 is 1.46. The molecule has 80 valence electrons. The molecule has 0 radical (unpaired) electrons. The highest BCUT2D eigenvalue weighted by molar-refractivity contribution is 7.14. The molecule has 16 heavy (non-hydrogen) atoms. The van der Waals surface area contributed by atoms with E-state index in [2.05, 4.69) is 20.1 Å². The lowest BCUT2D eigenvalue weighted by molar-refractivity contribution is 0.433. The average molecular weight is 233 g/mol. The van der Waals surface area contributed by atoms with Crippen LogP contribution < -0.4 is 5.73 Å². The van der Waals surface area contributed by atoms with Crippen LogP contribution in [0.2, 0.25) is 0 Å². The van der Waals surface area contributed by atoms with Gasteiger partial charge in [0.2, 0.25) is 5.82 Å². The van der Waals surface area contributed by atoms with E-state index in [0.29, 0.717) is 23.2 Å². The highest BCUT2D eigenvalue weighted by atomic mass is 32.1. The van der Waals surface area contributed by atoms with E-state index < -0.39 is 0 Å². The van der Waals surface area contributed by atoms with Gasteiger partial charge in [0.25, 0.3) is 5.89 Å². The van der Waals surface area contributed by atoms with Crippen LogP contribution in [0, 0.1) is 0 Å². The standard InChI is InChI=1S/C9H7N5OS/c10-5-1-4-16-6(5)9-13-8(14-15-9)7-11-2-3-12-7/h1-4H,10H2,(H,11,12). The van der Waals surface area contributed by atoms with Crippen LogP contribution in [-0.2, 0) is 0 Å². The second-order valence-corrected chi connectivity index (χ2v) is 3.98. The molecule has 0 amide bonds. The molecule has 0 aliphatic heterocycles. The third-order valence-corrected chi connectivity index (χ3v) is 2.94. The minimum atomic E-state index is 0.416. The second-order valence-electron chi connectivity index (χ2n) is 3.07. The summed E-state index contributed by atoms with van der Waals surface area (Å²) < 4.78 is 5.12. The van der Waals surface area contributed by atoms with Gasteiger partial charge in [-0.1, -0.05) is 5.16 Å². The van der Waals surface area contributed by atoms with Crippen molar-refractivity contribution >= 4 is 17.0 Å². The number of rotatable bonds is 2. The monoisotopic (exact) mass is 233 g/mol. The number of thiophene rings is 1. The Balaban J connectivity index is 2.03. The fourth-order valence-corrected chi connectivity index (χ4v) is 2.03. The van der Waals surface area contributed by atoms with Crippen LogP contribution in [0.25, 0.3) is 22.4 Å². The average Bonchev–Trinajstić information content (AvgIpc) is 2.96. The van der Waals surface area contributed by atoms with Crippen molar-refractivity contribution in [3.63, 3.8) is 0 Å². The maximum Gasteiger partial charge on any atom is 0.270 e. The number of hydrogen-bond acceptors (Lipinski definition) is 6. The molecule has 0 saturated carbocycles. The first-order valence-corrected chi connectivity index (χ1v) is 5.39. The van der Waals surface area contributed by atoms with Crippen LogP contribution in [0.1, 0.15) is 0 Å². The van der Waals surface area contributed by atoms with Crippen molar-refractivity contribution in [1.29, 1.82) is 0 Å². The molecule has 0 atom stereocenters. The molecule has 0 aliphatic rings. The van der Waals surface area contributed by atoms with Gasteiger partial charge in [0.1, 0.15) is 4.88 Å². The number of hydrogen-bond donors (Lipinski definition) is 2. The van der Waals surface area contributed by atoms with Crippen LogP contribution in [0.3, 0.4) is 0 Å². The Bertz CT molecular complexity index is 597. The zero-order valence-electron chi connectivity index (χ0n) is 8.04. The summed E-state index contributed by atoms with van der Waals surface area (Å²) in [4.78, 5) is 11.9. The smallest absolute Gasteiger partial charge is 0.270 e. The molecule has 0 unspecified atom stereocenters. The van der Waals surface area contributed by atoms with Gasteiger partial charge in [-0.05, 0) is 11.4 Å². The molecular weight excluding hydrogens is 226 g/mol. The SMILES string of the molecule is Nc1ccsc1-c1nc(-c2ncc[nH]2)no1. The van der Waals surface area contributed by atoms with Crippen molar-refractivity contribution in [2.24, 2.45) is 0 Å². The van der Waals surface area contributed by atoms with E-state index in [1.165, 1.54) is 11.3 Å². The zero-order chi connectivity index (χ0) is 11.0. The van der Waals surface area contributed by atoms with Gasteiger partial charge in [-0.2, -0.15) is 4.98 Å². The van der Waals surface area contributed by atoms with E-state index in [9.17, 15) is 0 Å². The van der Waals surface area contributed by atoms with Crippen LogP contribution >= 0.6 is 11.3 Å². The third kappa shape index (κ3) is 1.38. The lowest BCUT2D eigenvalue weighted by Gasteiger charge is -1.88. The van der Waals surface area contributed by atoms with Gasteiger partial charge < -0.3 is 15.2 Å². The first-order chi connectivity index (χ1) is 7.84. The van der Waals surface area contributed by atoms with E-state index >= 15 is 0 Å². The minimum Gasteiger partial charge on any atom is -0.397 e. The zero-order valence-corrected chi connectivity index (χ0v) is 8.86. The number of nitrogens with two attached hydrogens (primary N) is 1. The Morgan fingerprint density at radius 2 is 2.38 bits per heavy atom. The molecular formula is C9H7N5OS. The van der Waals surface area contributed by atoms with Gasteiger partial charge >= 0.3 is 0 Å². The predicted octanol–water partition coefficient (Wildman–Crippen LogP) is 1.77. The number of nitrogens with one attached hydrogen (secondary N) is 1. The van der Waals surface area contributed by atoms with E-state index in [1.54, 1.807) is 18.5 Å². The number of anilines is 1. The minimum absolute atomic E-state index is 0.416. The Labute approximate surface area is 94.1 Å². The van der Waals surface area contributed by atoms with Crippen molar-refractivity contribution < 1.29 is 4.52 Å². The van der Waals surface area contributed by atoms with Crippen LogP contribution in [0.4, 0.5) is 5.69 Å². The summed E-state index contributed by atoms with van der Waals surface area (Å²) in [6, 6.07) is 1.80. The first kappa shape index (κ1) is 9.10. The molecule has 3 N–H and O–H groups in total. The van der Waals surface area contributed by atoms with Crippen LogP contribution in [-0.4, -0.2) is 20.1 Å². The fraction of sp³-hybridized carbons (Fsp3) is 0. The highest BCUT2D eigenvalue weighted by Crippen LogP contribution is 2.30. The van der Waals surface area contributed by atoms with Crippen LogP contribution in [0.5, 0.6) is 0 Å². The van der Waals surface area contributed by atoms with E-state index in [4.69, 9.17) is 10.3 Å². The van der Waals surface area contributed by atoms with Crippen molar-refractivity contribution in [2.45, 2.75) is 0 Å². The van der Waals surface area contributed by atoms with E-state index in [0.717, 1.165) is 4.88 Å². The van der Waals surface area contributed by atoms with Crippen molar-refractivity contribution in [2.75, 3.05) is 5.73 Å². The quantitative estimate of drug-likeness (QED) is 0.703. The predicted molar refractivity (Wildman–Crippen MR) is 59.6 cm³/mol. The van der Waals surface area contributed by atoms with Gasteiger partial charge in [0.15, 0.2) is 5.82 Å². The molecule has 0 aliphatic carbocycles. The summed E-state index contributed by atoms with van der Waals surface area (Å²) in [6.45, 7) is 0. The molecule has 3 aromatic rings. The van der Waals surface area contributed by atoms with E-state index in [1.807, 2.05) is 5.38 Å². The lowest BCUT2D eigenvalue weighted by atomic mass is 10.4. The summed E-state index contributed by atoms with van der Waals surface area (Å²) in [6.07, 6.45) is 3.33. The molecule has 3 rings (SSSR count). The van der Waals surface area contributed by atoms with Gasteiger partial charge in [-0.3, -0.25) is 0 Å². The number of H-pyrrole nitrogens is 1. The second kappa shape index (κ2) is 3.46. The molecule has 0 aromatic carbocycles. The largest absolute Gasteiger partial charge is 0.397 e. The van der Waals surface area contributed by atoms with Crippen LogP contribution in [0.15, 0.2) is 28.4 Å². The Kier molecular flexibility index (Phi) is 1.97. The number of aromatic amines is 1. The molecule has 7 heteroatoms. The molecule has 0 fully saturated rings. The van der Waals surface area contributed by atoms with E-state index in [-0.39, 0.29) is 0 Å². The highest BCUT2D eigenvalue weighted by Gasteiger charge is 2.14. The summed E-state index contributed by atoms with van der Waals surface area (Å²) in [5, 5.41) is 5.70.